The van der Waals surface area contributed by atoms with E-state index in [-0.39, 0.29) is 5.56 Å². The van der Waals surface area contributed by atoms with Crippen LogP contribution in [0.4, 0.5) is 11.4 Å². The first-order valence-electron chi connectivity index (χ1n) is 6.14. The maximum absolute atomic E-state index is 10.9. The average Bonchev–Trinajstić information content (AvgIpc) is 2.84. The molecule has 2 N–H and O–H groups in total. The third-order valence-electron chi connectivity index (χ3n) is 2.76. The number of thiazole rings is 1. The molecule has 0 spiro atoms. The summed E-state index contributed by atoms with van der Waals surface area (Å²) in [5.74, 6) is -1.31. The van der Waals surface area contributed by atoms with E-state index in [1.54, 1.807) is 11.3 Å². The Balaban J connectivity index is 2.05. The van der Waals surface area contributed by atoms with Crippen molar-refractivity contribution in [2.45, 2.75) is 13.3 Å². The molecule has 2 rings (SSSR count). The first-order valence-corrected chi connectivity index (χ1v) is 7.02. The normalized spacial score (nSPS) is 10.3. The molecule has 21 heavy (non-hydrogen) atoms. The summed E-state index contributed by atoms with van der Waals surface area (Å²) in [5.41, 5.74) is 0.745. The Bertz CT molecular complexity index is 684. The molecule has 0 amide bonds. The number of anilines is 1. The molecule has 0 aliphatic rings. The molecule has 1 aromatic carbocycles. The van der Waals surface area contributed by atoms with Crippen molar-refractivity contribution >= 4 is 28.7 Å². The summed E-state index contributed by atoms with van der Waals surface area (Å²) < 4.78 is 0. The number of aryl methyl sites for hydroxylation is 1. The second-order valence-electron chi connectivity index (χ2n) is 4.35. The third kappa shape index (κ3) is 3.76. The summed E-state index contributed by atoms with van der Waals surface area (Å²) >= 11 is 1.56. The Hall–Kier alpha value is -2.48. The highest BCUT2D eigenvalue weighted by Crippen LogP contribution is 2.23. The van der Waals surface area contributed by atoms with E-state index in [0.29, 0.717) is 18.7 Å². The van der Waals surface area contributed by atoms with Gasteiger partial charge in [0.25, 0.3) is 5.69 Å². The first-order chi connectivity index (χ1) is 9.97. The molecular weight excluding hydrogens is 294 g/mol. The van der Waals surface area contributed by atoms with Gasteiger partial charge in [-0.1, -0.05) is 0 Å². The van der Waals surface area contributed by atoms with E-state index in [4.69, 9.17) is 5.11 Å². The monoisotopic (exact) mass is 307 g/mol. The Morgan fingerprint density at radius 3 is 2.86 bits per heavy atom. The van der Waals surface area contributed by atoms with Crippen LogP contribution >= 0.6 is 11.3 Å². The van der Waals surface area contributed by atoms with Crippen LogP contribution in [0.5, 0.6) is 0 Å². The fourth-order valence-electron chi connectivity index (χ4n) is 1.80. The molecule has 0 aliphatic carbocycles. The predicted octanol–water partition coefficient (Wildman–Crippen LogP) is 2.71. The Morgan fingerprint density at radius 1 is 1.52 bits per heavy atom. The van der Waals surface area contributed by atoms with Crippen LogP contribution in [-0.2, 0) is 6.42 Å². The molecular formula is C13H13N3O4S. The first kappa shape index (κ1) is 14.9. The number of nitro groups is 1. The van der Waals surface area contributed by atoms with E-state index in [9.17, 15) is 14.9 Å². The third-order valence-corrected chi connectivity index (χ3v) is 3.79. The molecule has 0 fully saturated rings. The van der Waals surface area contributed by atoms with Crippen LogP contribution in [0.3, 0.4) is 0 Å². The summed E-state index contributed by atoms with van der Waals surface area (Å²) in [5, 5.41) is 25.8. The van der Waals surface area contributed by atoms with Crippen molar-refractivity contribution in [2.75, 3.05) is 11.9 Å². The molecule has 1 heterocycles. The summed E-state index contributed by atoms with van der Waals surface area (Å²) in [7, 11) is 0. The Kier molecular flexibility index (Phi) is 4.49. The van der Waals surface area contributed by atoms with Crippen LogP contribution in [0.2, 0.25) is 0 Å². The highest BCUT2D eigenvalue weighted by atomic mass is 32.1. The molecule has 110 valence electrons. The predicted molar refractivity (Wildman–Crippen MR) is 79.1 cm³/mol. The lowest BCUT2D eigenvalue weighted by molar-refractivity contribution is -0.385. The van der Waals surface area contributed by atoms with Gasteiger partial charge in [-0.2, -0.15) is 0 Å². The summed E-state index contributed by atoms with van der Waals surface area (Å²) in [6, 6.07) is 3.98. The number of nitrogens with one attached hydrogen (secondary N) is 1. The Morgan fingerprint density at radius 2 is 2.29 bits per heavy atom. The van der Waals surface area contributed by atoms with Crippen LogP contribution in [0.15, 0.2) is 23.6 Å². The number of aromatic carboxylic acids is 1. The molecule has 0 aliphatic heterocycles. The van der Waals surface area contributed by atoms with E-state index < -0.39 is 16.6 Å². The maximum Gasteiger partial charge on any atom is 0.342 e. The molecule has 1 aromatic heterocycles. The quantitative estimate of drug-likeness (QED) is 0.628. The molecule has 0 unspecified atom stereocenters. The highest BCUT2D eigenvalue weighted by Gasteiger charge is 2.19. The van der Waals surface area contributed by atoms with Gasteiger partial charge in [-0.3, -0.25) is 10.1 Å². The molecule has 0 saturated carbocycles. The summed E-state index contributed by atoms with van der Waals surface area (Å²) in [6.45, 7) is 2.48. The van der Waals surface area contributed by atoms with Gasteiger partial charge in [-0.25, -0.2) is 9.78 Å². The number of benzene rings is 1. The van der Waals surface area contributed by atoms with Gasteiger partial charge in [-0.15, -0.1) is 11.3 Å². The molecule has 0 bridgehead atoms. The zero-order valence-electron chi connectivity index (χ0n) is 11.2. The van der Waals surface area contributed by atoms with Crippen LogP contribution in [0.1, 0.15) is 21.1 Å². The van der Waals surface area contributed by atoms with Gasteiger partial charge in [0.05, 0.1) is 9.93 Å². The standard InChI is InChI=1S/C13H13N3O4S/c1-8-7-21-12(15-8)4-5-14-9-2-3-10(13(17)18)11(6-9)16(19)20/h2-3,6-7,14H,4-5H2,1H3,(H,17,18). The SMILES string of the molecule is Cc1csc(CCNc2ccc(C(=O)O)c([N+](=O)[O-])c2)n1. The number of nitrogens with zero attached hydrogens (tertiary/aromatic N) is 2. The van der Waals surface area contributed by atoms with Gasteiger partial charge < -0.3 is 10.4 Å². The number of rotatable bonds is 6. The number of nitro benzene ring substituents is 1. The number of hydrogen-bond donors (Lipinski definition) is 2. The van der Waals surface area contributed by atoms with Gasteiger partial charge in [0.1, 0.15) is 5.56 Å². The lowest BCUT2D eigenvalue weighted by Gasteiger charge is -2.06. The summed E-state index contributed by atoms with van der Waals surface area (Å²) in [6.07, 6.45) is 0.701. The van der Waals surface area contributed by atoms with Crippen molar-refractivity contribution < 1.29 is 14.8 Å². The average molecular weight is 307 g/mol. The fourth-order valence-corrected chi connectivity index (χ4v) is 2.58. The number of carbonyl (C=O) groups is 1. The van der Waals surface area contributed by atoms with E-state index in [2.05, 4.69) is 10.3 Å². The highest BCUT2D eigenvalue weighted by molar-refractivity contribution is 7.09. The van der Waals surface area contributed by atoms with Crippen LogP contribution in [0.25, 0.3) is 0 Å². The van der Waals surface area contributed by atoms with E-state index in [1.807, 2.05) is 12.3 Å². The zero-order chi connectivity index (χ0) is 15.4. The molecule has 2 aromatic rings. The number of carboxylic acid groups (broad SMARTS) is 1. The fraction of sp³-hybridized carbons (Fsp3) is 0.231. The van der Waals surface area contributed by atoms with Crippen LogP contribution in [0, 0.1) is 17.0 Å². The van der Waals surface area contributed by atoms with E-state index >= 15 is 0 Å². The zero-order valence-corrected chi connectivity index (χ0v) is 12.0. The number of hydrogen-bond acceptors (Lipinski definition) is 6. The van der Waals surface area contributed by atoms with Gasteiger partial charge in [0, 0.05) is 35.8 Å². The topological polar surface area (TPSA) is 105 Å². The smallest absolute Gasteiger partial charge is 0.342 e. The van der Waals surface area contributed by atoms with Crippen LogP contribution in [-0.4, -0.2) is 27.5 Å². The van der Waals surface area contributed by atoms with Crippen molar-refractivity contribution in [3.63, 3.8) is 0 Å². The van der Waals surface area contributed by atoms with Crippen molar-refractivity contribution in [2.24, 2.45) is 0 Å². The maximum atomic E-state index is 10.9. The van der Waals surface area contributed by atoms with E-state index in [1.165, 1.54) is 18.2 Å². The second kappa shape index (κ2) is 6.31. The molecule has 0 radical (unpaired) electrons. The minimum atomic E-state index is -1.31. The minimum Gasteiger partial charge on any atom is -0.477 e. The largest absolute Gasteiger partial charge is 0.477 e. The number of aromatic nitrogens is 1. The van der Waals surface area contributed by atoms with Gasteiger partial charge >= 0.3 is 5.97 Å². The molecule has 8 heteroatoms. The van der Waals surface area contributed by atoms with Gasteiger partial charge in [0.2, 0.25) is 0 Å². The lowest BCUT2D eigenvalue weighted by atomic mass is 10.1. The second-order valence-corrected chi connectivity index (χ2v) is 5.30. The van der Waals surface area contributed by atoms with Crippen molar-refractivity contribution in [3.8, 4) is 0 Å². The van der Waals surface area contributed by atoms with Gasteiger partial charge in [0.15, 0.2) is 0 Å². The van der Waals surface area contributed by atoms with Crippen LogP contribution < -0.4 is 5.32 Å². The summed E-state index contributed by atoms with van der Waals surface area (Å²) in [4.78, 5) is 25.4. The van der Waals surface area contributed by atoms with Crippen molar-refractivity contribution in [3.05, 3.63) is 50.0 Å². The molecule has 0 atom stereocenters. The van der Waals surface area contributed by atoms with Crippen molar-refractivity contribution in [1.29, 1.82) is 0 Å². The number of carboxylic acids is 1. The molecule has 0 saturated heterocycles. The van der Waals surface area contributed by atoms with Gasteiger partial charge in [-0.05, 0) is 19.1 Å². The lowest BCUT2D eigenvalue weighted by Crippen LogP contribution is -2.07. The van der Waals surface area contributed by atoms with Crippen molar-refractivity contribution in [1.82, 2.24) is 4.98 Å². The minimum absolute atomic E-state index is 0.318. The Labute approximate surface area is 124 Å². The van der Waals surface area contributed by atoms with E-state index in [0.717, 1.165) is 10.7 Å². The molecule has 7 nitrogen and oxygen atoms in total.